The van der Waals surface area contributed by atoms with Gasteiger partial charge < -0.3 is 16.3 Å². The zero-order valence-corrected chi connectivity index (χ0v) is 10.8. The summed E-state index contributed by atoms with van der Waals surface area (Å²) in [5, 5.41) is 13.9. The molecule has 0 fully saturated rings. The number of oxime groups is 1. The van der Waals surface area contributed by atoms with Crippen molar-refractivity contribution in [2.75, 3.05) is 6.54 Å². The number of nitrogens with zero attached hydrogens (tertiary/aromatic N) is 1. The van der Waals surface area contributed by atoms with Crippen LogP contribution in [0.5, 0.6) is 0 Å². The minimum Gasteiger partial charge on any atom is -0.409 e. The fraction of sp³-hybridized carbons (Fsp3) is 0.385. The van der Waals surface area contributed by atoms with Gasteiger partial charge >= 0.3 is 0 Å². The maximum atomic E-state index is 13.0. The van der Waals surface area contributed by atoms with Gasteiger partial charge in [0.1, 0.15) is 11.7 Å². The molecule has 4 N–H and O–H groups in total. The Labute approximate surface area is 111 Å². The first-order valence-electron chi connectivity index (χ1n) is 6.05. The zero-order valence-electron chi connectivity index (χ0n) is 10.8. The van der Waals surface area contributed by atoms with E-state index in [4.69, 9.17) is 10.9 Å². The van der Waals surface area contributed by atoms with Gasteiger partial charge in [0.05, 0.1) is 0 Å². The Hall–Kier alpha value is -2.11. The number of aryl methyl sites for hydroxylation is 1. The normalized spacial score (nSPS) is 11.4. The Balaban J connectivity index is 2.37. The first-order valence-corrected chi connectivity index (χ1v) is 6.05. The maximum Gasteiger partial charge on any atom is 0.251 e. The molecule has 6 heteroatoms. The van der Waals surface area contributed by atoms with E-state index in [0.29, 0.717) is 31.4 Å². The van der Waals surface area contributed by atoms with Crippen molar-refractivity contribution in [3.05, 3.63) is 35.1 Å². The molecule has 5 nitrogen and oxygen atoms in total. The molecule has 1 aromatic carbocycles. The highest BCUT2D eigenvalue weighted by molar-refractivity contribution is 5.95. The van der Waals surface area contributed by atoms with Crippen molar-refractivity contribution in [2.24, 2.45) is 10.9 Å². The summed E-state index contributed by atoms with van der Waals surface area (Å²) < 4.78 is 13.0. The predicted octanol–water partition coefficient (Wildman–Crippen LogP) is 1.78. The molecule has 1 aromatic rings. The van der Waals surface area contributed by atoms with Gasteiger partial charge in [0, 0.05) is 18.5 Å². The molecule has 0 aromatic heterocycles. The van der Waals surface area contributed by atoms with Crippen LogP contribution in [0, 0.1) is 12.7 Å². The third-order valence-electron chi connectivity index (χ3n) is 2.72. The quantitative estimate of drug-likeness (QED) is 0.241. The van der Waals surface area contributed by atoms with Gasteiger partial charge in [-0.15, -0.1) is 0 Å². The van der Waals surface area contributed by atoms with Crippen molar-refractivity contribution in [1.29, 1.82) is 0 Å². The Bertz CT molecular complexity index is 475. The molecule has 0 aliphatic rings. The van der Waals surface area contributed by atoms with Crippen molar-refractivity contribution >= 4 is 11.7 Å². The highest BCUT2D eigenvalue weighted by Gasteiger charge is 2.09. The predicted molar refractivity (Wildman–Crippen MR) is 70.7 cm³/mol. The summed E-state index contributed by atoms with van der Waals surface area (Å²) in [6.45, 7) is 2.22. The van der Waals surface area contributed by atoms with E-state index in [9.17, 15) is 9.18 Å². The molecule has 0 radical (unpaired) electrons. The minimum atomic E-state index is -0.428. The first-order chi connectivity index (χ1) is 9.04. The van der Waals surface area contributed by atoms with Crippen LogP contribution in [0.4, 0.5) is 4.39 Å². The molecule has 1 amide bonds. The molecule has 1 rings (SSSR count). The second kappa shape index (κ2) is 7.35. The number of nitrogens with one attached hydrogen (secondary N) is 1. The summed E-state index contributed by atoms with van der Waals surface area (Å²) in [6.07, 6.45) is 1.89. The Kier molecular flexibility index (Phi) is 5.78. The minimum absolute atomic E-state index is 0.173. The molecular weight excluding hydrogens is 249 g/mol. The van der Waals surface area contributed by atoms with Crippen molar-refractivity contribution in [3.63, 3.8) is 0 Å². The summed E-state index contributed by atoms with van der Waals surface area (Å²) in [6, 6.07) is 4.12. The third-order valence-corrected chi connectivity index (χ3v) is 2.72. The van der Waals surface area contributed by atoms with Crippen molar-refractivity contribution in [2.45, 2.75) is 26.2 Å². The number of rotatable bonds is 6. The van der Waals surface area contributed by atoms with E-state index >= 15 is 0 Å². The van der Waals surface area contributed by atoms with Crippen LogP contribution in [0.1, 0.15) is 35.2 Å². The summed E-state index contributed by atoms with van der Waals surface area (Å²) in [7, 11) is 0. The first kappa shape index (κ1) is 14.9. The summed E-state index contributed by atoms with van der Waals surface area (Å²) in [5.41, 5.74) is 6.39. The van der Waals surface area contributed by atoms with E-state index < -0.39 is 5.82 Å². The lowest BCUT2D eigenvalue weighted by Crippen LogP contribution is -2.25. The number of amides is 1. The second-order valence-corrected chi connectivity index (χ2v) is 4.26. The van der Waals surface area contributed by atoms with Crippen LogP contribution < -0.4 is 11.1 Å². The highest BCUT2D eigenvalue weighted by atomic mass is 19.1. The fourth-order valence-corrected chi connectivity index (χ4v) is 1.62. The summed E-state index contributed by atoms with van der Waals surface area (Å²) in [4.78, 5) is 11.8. The Morgan fingerprint density at radius 1 is 1.47 bits per heavy atom. The highest BCUT2D eigenvalue weighted by Crippen LogP contribution is 2.10. The number of carbonyl (C=O) groups excluding carboxylic acids is 1. The standard InChI is InChI=1S/C13H18FN3O2/c1-9-5-6-10(14)8-11(9)13(18)16-7-3-2-4-12(15)17-19/h5-6,8,19H,2-4,7H2,1H3,(H2,15,17)(H,16,18). The monoisotopic (exact) mass is 267 g/mol. The number of carbonyl (C=O) groups is 1. The molecule has 0 atom stereocenters. The molecule has 0 spiro atoms. The van der Waals surface area contributed by atoms with Crippen LogP contribution >= 0.6 is 0 Å². The number of hydrogen-bond acceptors (Lipinski definition) is 3. The van der Waals surface area contributed by atoms with Crippen LogP contribution in [0.2, 0.25) is 0 Å². The van der Waals surface area contributed by atoms with Gasteiger partial charge in [-0.25, -0.2) is 4.39 Å². The molecule has 0 aliphatic carbocycles. The van der Waals surface area contributed by atoms with Crippen molar-refractivity contribution in [3.8, 4) is 0 Å². The third kappa shape index (κ3) is 4.95. The van der Waals surface area contributed by atoms with E-state index in [2.05, 4.69) is 10.5 Å². The number of benzene rings is 1. The van der Waals surface area contributed by atoms with Gasteiger partial charge in [0.2, 0.25) is 0 Å². The van der Waals surface area contributed by atoms with E-state index in [0.717, 1.165) is 5.56 Å². The van der Waals surface area contributed by atoms with Crippen LogP contribution in [0.25, 0.3) is 0 Å². The number of hydrogen-bond donors (Lipinski definition) is 3. The molecule has 0 aliphatic heterocycles. The second-order valence-electron chi connectivity index (χ2n) is 4.26. The van der Waals surface area contributed by atoms with Gasteiger partial charge in [0.25, 0.3) is 5.91 Å². The number of nitrogens with two attached hydrogens (primary N) is 1. The topological polar surface area (TPSA) is 87.7 Å². The largest absolute Gasteiger partial charge is 0.409 e. The van der Waals surface area contributed by atoms with E-state index in [-0.39, 0.29) is 11.7 Å². The molecule has 0 unspecified atom stereocenters. The van der Waals surface area contributed by atoms with Crippen molar-refractivity contribution in [1.82, 2.24) is 5.32 Å². The zero-order chi connectivity index (χ0) is 14.3. The number of unbranched alkanes of at least 4 members (excludes halogenated alkanes) is 1. The van der Waals surface area contributed by atoms with Crippen LogP contribution in [0.15, 0.2) is 23.4 Å². The molecule has 0 heterocycles. The van der Waals surface area contributed by atoms with Crippen LogP contribution in [-0.2, 0) is 0 Å². The van der Waals surface area contributed by atoms with E-state index in [1.165, 1.54) is 12.1 Å². The number of halogens is 1. The molecule has 0 saturated carbocycles. The van der Waals surface area contributed by atoms with E-state index in [1.54, 1.807) is 13.0 Å². The average molecular weight is 267 g/mol. The lowest BCUT2D eigenvalue weighted by molar-refractivity contribution is 0.0952. The van der Waals surface area contributed by atoms with Crippen LogP contribution in [-0.4, -0.2) is 23.5 Å². The molecular formula is C13H18FN3O2. The molecule has 0 bridgehead atoms. The lowest BCUT2D eigenvalue weighted by atomic mass is 10.1. The van der Waals surface area contributed by atoms with Gasteiger partial charge in [-0.2, -0.15) is 0 Å². The van der Waals surface area contributed by atoms with Crippen LogP contribution in [0.3, 0.4) is 0 Å². The Morgan fingerprint density at radius 3 is 2.89 bits per heavy atom. The van der Waals surface area contributed by atoms with Gasteiger partial charge in [-0.3, -0.25) is 4.79 Å². The SMILES string of the molecule is Cc1ccc(F)cc1C(=O)NCCCCC(N)=NO. The summed E-state index contributed by atoms with van der Waals surface area (Å²) in [5.74, 6) is -0.546. The molecule has 19 heavy (non-hydrogen) atoms. The molecule has 0 saturated heterocycles. The summed E-state index contributed by atoms with van der Waals surface area (Å²) >= 11 is 0. The van der Waals surface area contributed by atoms with E-state index in [1.807, 2.05) is 0 Å². The Morgan fingerprint density at radius 2 is 2.21 bits per heavy atom. The fourth-order valence-electron chi connectivity index (χ4n) is 1.62. The average Bonchev–Trinajstić information content (AvgIpc) is 2.40. The smallest absolute Gasteiger partial charge is 0.251 e. The van der Waals surface area contributed by atoms with Gasteiger partial charge in [-0.05, 0) is 37.5 Å². The number of amidine groups is 1. The maximum absolute atomic E-state index is 13.0. The molecule has 104 valence electrons. The van der Waals surface area contributed by atoms with Gasteiger partial charge in [0.15, 0.2) is 0 Å². The van der Waals surface area contributed by atoms with Crippen molar-refractivity contribution < 1.29 is 14.4 Å². The lowest BCUT2D eigenvalue weighted by Gasteiger charge is -2.07. The van der Waals surface area contributed by atoms with Gasteiger partial charge in [-0.1, -0.05) is 11.2 Å².